The van der Waals surface area contributed by atoms with E-state index in [4.69, 9.17) is 14.2 Å². The van der Waals surface area contributed by atoms with E-state index in [1.165, 1.54) is 6.07 Å². The van der Waals surface area contributed by atoms with Gasteiger partial charge in [-0.2, -0.15) is 0 Å². The summed E-state index contributed by atoms with van der Waals surface area (Å²) in [6.45, 7) is 13.9. The third-order valence-electron chi connectivity index (χ3n) is 5.24. The first kappa shape index (κ1) is 26.0. The number of carbonyl (C=O) groups is 2. The zero-order valence-corrected chi connectivity index (χ0v) is 20.4. The lowest BCUT2D eigenvalue weighted by Crippen LogP contribution is -2.28. The minimum absolute atomic E-state index is 0.0745. The van der Waals surface area contributed by atoms with Crippen molar-refractivity contribution in [3.05, 3.63) is 52.6 Å². The summed E-state index contributed by atoms with van der Waals surface area (Å²) >= 11 is 0. The van der Waals surface area contributed by atoms with Crippen LogP contribution in [0.4, 0.5) is 0 Å². The first-order chi connectivity index (χ1) is 15.3. The highest BCUT2D eigenvalue weighted by Gasteiger charge is 2.31. The second-order valence-corrected chi connectivity index (χ2v) is 9.49. The van der Waals surface area contributed by atoms with Crippen LogP contribution in [0.5, 0.6) is 17.2 Å². The van der Waals surface area contributed by atoms with Gasteiger partial charge < -0.3 is 24.4 Å². The molecule has 0 heterocycles. The lowest BCUT2D eigenvalue weighted by molar-refractivity contribution is 0.0422. The average Bonchev–Trinajstić information content (AvgIpc) is 2.71. The zero-order chi connectivity index (χ0) is 25.0. The third kappa shape index (κ3) is 6.40. The highest BCUT2D eigenvalue weighted by molar-refractivity contribution is 5.92. The number of carboxylic acids is 1. The Morgan fingerprint density at radius 3 is 1.88 bits per heavy atom. The summed E-state index contributed by atoms with van der Waals surface area (Å²) in [5.41, 5.74) is 0.0676. The molecule has 0 bridgehead atoms. The van der Waals surface area contributed by atoms with Gasteiger partial charge in [-0.15, -0.1) is 0 Å². The van der Waals surface area contributed by atoms with Crippen LogP contribution in [0.2, 0.25) is 0 Å². The van der Waals surface area contributed by atoms with Gasteiger partial charge in [0.25, 0.3) is 0 Å². The molecule has 0 aliphatic rings. The van der Waals surface area contributed by atoms with E-state index < -0.39 is 17.4 Å². The van der Waals surface area contributed by atoms with Gasteiger partial charge in [0.15, 0.2) is 0 Å². The highest BCUT2D eigenvalue weighted by Crippen LogP contribution is 2.38. The van der Waals surface area contributed by atoms with Crippen molar-refractivity contribution in [2.75, 3.05) is 19.8 Å². The van der Waals surface area contributed by atoms with Crippen LogP contribution < -0.4 is 9.47 Å². The zero-order valence-electron chi connectivity index (χ0n) is 20.4. The molecule has 0 fully saturated rings. The van der Waals surface area contributed by atoms with Crippen molar-refractivity contribution >= 4 is 11.9 Å². The van der Waals surface area contributed by atoms with E-state index >= 15 is 0 Å². The molecule has 0 unspecified atom stereocenters. The van der Waals surface area contributed by atoms with Gasteiger partial charge in [0.2, 0.25) is 0 Å². The Morgan fingerprint density at radius 2 is 1.42 bits per heavy atom. The van der Waals surface area contributed by atoms with Crippen molar-refractivity contribution < 1.29 is 34.0 Å². The number of aromatic carboxylic acids is 1. The Balaban J connectivity index is 2.36. The Morgan fingerprint density at radius 1 is 0.879 bits per heavy atom. The fraction of sp³-hybridized carbons (Fsp3) is 0.462. The minimum atomic E-state index is -1.22. The summed E-state index contributed by atoms with van der Waals surface area (Å²) in [6.07, 6.45) is 0. The topological polar surface area (TPSA) is 102 Å². The standard InChI is InChI=1S/C26H34O7/c1-8-31-18-10-16(11-19(14-18)32-9-2)24(30)33-15-26(6,7)21-13-17(25(3,4)5)12-20(22(21)27)23(28)29/h10-14,27H,8-9,15H2,1-7H3,(H,28,29). The van der Waals surface area contributed by atoms with Crippen molar-refractivity contribution in [1.82, 2.24) is 0 Å². The number of carbonyl (C=O) groups excluding carboxylic acids is 1. The van der Waals surface area contributed by atoms with E-state index in [1.54, 1.807) is 38.1 Å². The molecule has 180 valence electrons. The first-order valence-corrected chi connectivity index (χ1v) is 11.0. The van der Waals surface area contributed by atoms with Crippen LogP contribution >= 0.6 is 0 Å². The number of aromatic hydroxyl groups is 1. The predicted molar refractivity (Wildman–Crippen MR) is 126 cm³/mol. The largest absolute Gasteiger partial charge is 0.507 e. The maximum absolute atomic E-state index is 12.8. The molecule has 0 aromatic heterocycles. The SMILES string of the molecule is CCOc1cc(OCC)cc(C(=O)OCC(C)(C)c2cc(C(C)(C)C)cc(C(=O)O)c2O)c1. The van der Waals surface area contributed by atoms with Crippen molar-refractivity contribution in [3.8, 4) is 17.2 Å². The minimum Gasteiger partial charge on any atom is -0.507 e. The Hall–Kier alpha value is -3.22. The summed E-state index contributed by atoms with van der Waals surface area (Å²) < 4.78 is 16.6. The maximum atomic E-state index is 12.8. The van der Waals surface area contributed by atoms with Crippen LogP contribution in [0, 0.1) is 0 Å². The Bertz CT molecular complexity index is 992. The summed E-state index contributed by atoms with van der Waals surface area (Å²) in [7, 11) is 0. The van der Waals surface area contributed by atoms with Crippen LogP contribution in [0.1, 0.15) is 80.3 Å². The van der Waals surface area contributed by atoms with Gasteiger partial charge in [0.1, 0.15) is 29.4 Å². The van der Waals surface area contributed by atoms with E-state index in [2.05, 4.69) is 0 Å². The predicted octanol–water partition coefficient (Wildman–Crippen LogP) is 5.32. The van der Waals surface area contributed by atoms with Gasteiger partial charge in [-0.05, 0) is 43.0 Å². The molecule has 2 N–H and O–H groups in total. The van der Waals surface area contributed by atoms with Crippen LogP contribution in [0.3, 0.4) is 0 Å². The number of phenols is 1. The fourth-order valence-electron chi connectivity index (χ4n) is 3.34. The van der Waals surface area contributed by atoms with E-state index in [-0.39, 0.29) is 28.9 Å². The number of hydrogen-bond donors (Lipinski definition) is 2. The van der Waals surface area contributed by atoms with E-state index in [9.17, 15) is 19.8 Å². The number of esters is 1. The first-order valence-electron chi connectivity index (χ1n) is 11.0. The van der Waals surface area contributed by atoms with Crippen LogP contribution in [0.25, 0.3) is 0 Å². The molecular formula is C26H34O7. The second-order valence-electron chi connectivity index (χ2n) is 9.49. The van der Waals surface area contributed by atoms with Gasteiger partial charge in [-0.25, -0.2) is 9.59 Å². The van der Waals surface area contributed by atoms with E-state index in [0.29, 0.717) is 30.3 Å². The maximum Gasteiger partial charge on any atom is 0.339 e. The van der Waals surface area contributed by atoms with Crippen molar-refractivity contribution in [1.29, 1.82) is 0 Å². The normalized spacial score (nSPS) is 11.7. The number of ether oxygens (including phenoxy) is 3. The van der Waals surface area contributed by atoms with Crippen molar-refractivity contribution in [2.45, 2.75) is 59.3 Å². The molecule has 7 nitrogen and oxygen atoms in total. The van der Waals surface area contributed by atoms with Gasteiger partial charge in [-0.3, -0.25) is 0 Å². The fourth-order valence-corrected chi connectivity index (χ4v) is 3.34. The second kappa shape index (κ2) is 10.1. The molecule has 0 atom stereocenters. The van der Waals surface area contributed by atoms with Crippen molar-refractivity contribution in [2.24, 2.45) is 0 Å². The average molecular weight is 459 g/mol. The molecule has 2 aromatic rings. The summed E-state index contributed by atoms with van der Waals surface area (Å²) in [4.78, 5) is 24.6. The molecule has 0 amide bonds. The highest BCUT2D eigenvalue weighted by atomic mass is 16.5. The smallest absolute Gasteiger partial charge is 0.339 e. The third-order valence-corrected chi connectivity index (χ3v) is 5.24. The van der Waals surface area contributed by atoms with Crippen LogP contribution in [-0.4, -0.2) is 42.0 Å². The molecule has 2 rings (SSSR count). The molecule has 0 aliphatic carbocycles. The Kier molecular flexibility index (Phi) is 8.01. The Labute approximate surface area is 195 Å². The lowest BCUT2D eigenvalue weighted by Gasteiger charge is -2.29. The molecular weight excluding hydrogens is 424 g/mol. The summed E-state index contributed by atoms with van der Waals surface area (Å²) in [5.74, 6) is -1.12. The number of rotatable bonds is 9. The van der Waals surface area contributed by atoms with Crippen LogP contribution in [-0.2, 0) is 15.6 Å². The molecule has 0 aliphatic heterocycles. The number of benzene rings is 2. The van der Waals surface area contributed by atoms with Crippen molar-refractivity contribution in [3.63, 3.8) is 0 Å². The number of carboxylic acid groups (broad SMARTS) is 1. The summed E-state index contributed by atoms with van der Waals surface area (Å²) in [6, 6.07) is 8.14. The molecule has 0 spiro atoms. The summed E-state index contributed by atoms with van der Waals surface area (Å²) in [5, 5.41) is 20.3. The van der Waals surface area contributed by atoms with Gasteiger partial charge in [-0.1, -0.05) is 40.7 Å². The molecule has 7 heteroatoms. The monoisotopic (exact) mass is 458 g/mol. The van der Waals surface area contributed by atoms with Gasteiger partial charge >= 0.3 is 11.9 Å². The van der Waals surface area contributed by atoms with Gasteiger partial charge in [0, 0.05) is 17.0 Å². The molecule has 33 heavy (non-hydrogen) atoms. The molecule has 0 saturated carbocycles. The van der Waals surface area contributed by atoms with Gasteiger partial charge in [0.05, 0.1) is 18.8 Å². The quantitative estimate of drug-likeness (QED) is 0.490. The molecule has 2 aromatic carbocycles. The molecule has 0 saturated heterocycles. The number of hydrogen-bond acceptors (Lipinski definition) is 6. The van der Waals surface area contributed by atoms with Crippen LogP contribution in [0.15, 0.2) is 30.3 Å². The van der Waals surface area contributed by atoms with E-state index in [0.717, 1.165) is 5.56 Å². The lowest BCUT2D eigenvalue weighted by atomic mass is 9.78. The molecule has 0 radical (unpaired) electrons. The van der Waals surface area contributed by atoms with E-state index in [1.807, 2.05) is 34.6 Å².